The van der Waals surface area contributed by atoms with Gasteiger partial charge in [0.1, 0.15) is 30.5 Å². The van der Waals surface area contributed by atoms with Crippen LogP contribution in [0, 0.1) is 0 Å². The highest BCUT2D eigenvalue weighted by molar-refractivity contribution is 5.75. The summed E-state index contributed by atoms with van der Waals surface area (Å²) in [5.41, 5.74) is 4.00. The molecule has 1 aromatic heterocycles. The number of nitrogens with one attached hydrogen (secondary N) is 1. The van der Waals surface area contributed by atoms with Crippen LogP contribution in [0.2, 0.25) is 0 Å². The molecule has 5 rings (SSSR count). The quantitative estimate of drug-likeness (QED) is 0.750. The second-order valence-electron chi connectivity index (χ2n) is 6.69. The van der Waals surface area contributed by atoms with Crippen molar-refractivity contribution >= 4 is 5.82 Å². The summed E-state index contributed by atoms with van der Waals surface area (Å²) < 4.78 is 24.2. The maximum Gasteiger partial charge on any atom is 0.163 e. The summed E-state index contributed by atoms with van der Waals surface area (Å²) in [6, 6.07) is 11.7. The smallest absolute Gasteiger partial charge is 0.163 e. The summed E-state index contributed by atoms with van der Waals surface area (Å²) in [5.74, 6) is 4.00. The summed E-state index contributed by atoms with van der Waals surface area (Å²) in [5, 5.41) is 8.38. The number of hydrogen-bond donors (Lipinski definition) is 1. The van der Waals surface area contributed by atoms with Gasteiger partial charge in [-0.2, -0.15) is 5.10 Å². The second kappa shape index (κ2) is 6.67. The van der Waals surface area contributed by atoms with Gasteiger partial charge < -0.3 is 24.3 Å². The first-order valence-electron chi connectivity index (χ1n) is 9.26. The third-order valence-corrected chi connectivity index (χ3v) is 5.05. The zero-order valence-electron chi connectivity index (χ0n) is 15.8. The number of ether oxygens (including phenoxy) is 4. The molecule has 0 bridgehead atoms. The predicted molar refractivity (Wildman–Crippen MR) is 105 cm³/mol. The zero-order valence-corrected chi connectivity index (χ0v) is 15.8. The summed E-state index contributed by atoms with van der Waals surface area (Å²) in [7, 11) is 3.30. The molecule has 3 aromatic rings. The van der Waals surface area contributed by atoms with Crippen molar-refractivity contribution in [1.29, 1.82) is 0 Å². The molecule has 0 spiro atoms. The Labute approximate surface area is 162 Å². The maximum absolute atomic E-state index is 5.74. The lowest BCUT2D eigenvalue weighted by molar-refractivity contribution is 0.171. The molecule has 2 aliphatic heterocycles. The van der Waals surface area contributed by atoms with Crippen LogP contribution in [-0.2, 0) is 6.42 Å². The molecule has 0 atom stereocenters. The van der Waals surface area contributed by atoms with Gasteiger partial charge in [-0.1, -0.05) is 0 Å². The van der Waals surface area contributed by atoms with E-state index in [1.54, 1.807) is 14.2 Å². The van der Waals surface area contributed by atoms with Crippen molar-refractivity contribution in [3.63, 3.8) is 0 Å². The number of rotatable bonds is 4. The highest BCUT2D eigenvalue weighted by Gasteiger charge is 2.25. The zero-order chi connectivity index (χ0) is 19.1. The first kappa shape index (κ1) is 16.8. The van der Waals surface area contributed by atoms with Crippen molar-refractivity contribution < 1.29 is 18.9 Å². The lowest BCUT2D eigenvalue weighted by Crippen LogP contribution is -2.15. The first-order chi connectivity index (χ1) is 13.8. The van der Waals surface area contributed by atoms with Gasteiger partial charge in [0.15, 0.2) is 11.5 Å². The molecule has 1 N–H and O–H groups in total. The van der Waals surface area contributed by atoms with Crippen LogP contribution in [0.4, 0.5) is 5.82 Å². The van der Waals surface area contributed by atoms with Crippen LogP contribution in [0.5, 0.6) is 23.0 Å². The first-order valence-corrected chi connectivity index (χ1v) is 9.26. The highest BCUT2D eigenvalue weighted by Crippen LogP contribution is 2.39. The van der Waals surface area contributed by atoms with Gasteiger partial charge in [-0.05, 0) is 30.7 Å². The van der Waals surface area contributed by atoms with Crippen molar-refractivity contribution in [3.8, 4) is 39.9 Å². The van der Waals surface area contributed by atoms with E-state index in [9.17, 15) is 0 Å². The SMILES string of the molecule is COc1cc(OC)cc(-c2nn(-c3ccc4c(c3)OCCO4)c3c2CCN3)c1. The van der Waals surface area contributed by atoms with Crippen LogP contribution in [-0.4, -0.2) is 43.8 Å². The van der Waals surface area contributed by atoms with Crippen molar-refractivity contribution in [1.82, 2.24) is 9.78 Å². The van der Waals surface area contributed by atoms with E-state index < -0.39 is 0 Å². The molecule has 2 aromatic carbocycles. The fourth-order valence-electron chi connectivity index (χ4n) is 3.70. The van der Waals surface area contributed by atoms with Crippen molar-refractivity contribution in [2.24, 2.45) is 0 Å². The van der Waals surface area contributed by atoms with E-state index in [0.29, 0.717) is 13.2 Å². The Balaban J connectivity index is 1.63. The predicted octanol–water partition coefficient (Wildman–Crippen LogP) is 3.30. The minimum absolute atomic E-state index is 0.556. The Hall–Kier alpha value is -3.35. The molecule has 0 aliphatic carbocycles. The monoisotopic (exact) mass is 379 g/mol. The van der Waals surface area contributed by atoms with Gasteiger partial charge >= 0.3 is 0 Å². The molecule has 0 unspecified atom stereocenters. The Morgan fingerprint density at radius 2 is 1.71 bits per heavy atom. The van der Waals surface area contributed by atoms with Gasteiger partial charge in [0.05, 0.1) is 25.6 Å². The molecule has 7 heteroatoms. The number of aromatic nitrogens is 2. The van der Waals surface area contributed by atoms with E-state index in [0.717, 1.165) is 58.7 Å². The molecular weight excluding hydrogens is 358 g/mol. The van der Waals surface area contributed by atoms with Crippen LogP contribution >= 0.6 is 0 Å². The van der Waals surface area contributed by atoms with Gasteiger partial charge in [0.25, 0.3) is 0 Å². The van der Waals surface area contributed by atoms with E-state index in [1.807, 2.05) is 41.1 Å². The average Bonchev–Trinajstić information content (AvgIpc) is 3.35. The molecule has 0 amide bonds. The number of fused-ring (bicyclic) bond motifs is 2. The van der Waals surface area contributed by atoms with Crippen molar-refractivity contribution in [2.45, 2.75) is 6.42 Å². The standard InChI is InChI=1S/C21H21N3O4/c1-25-15-9-13(10-16(12-15)26-2)20-17-5-6-22-21(17)24(23-20)14-3-4-18-19(11-14)28-8-7-27-18/h3-4,9-12,22H,5-8H2,1-2H3. The molecule has 28 heavy (non-hydrogen) atoms. The fourth-order valence-corrected chi connectivity index (χ4v) is 3.70. The Morgan fingerprint density at radius 3 is 2.46 bits per heavy atom. The normalized spacial score (nSPS) is 14.4. The van der Waals surface area contributed by atoms with Crippen LogP contribution in [0.25, 0.3) is 16.9 Å². The minimum Gasteiger partial charge on any atom is -0.497 e. The third-order valence-electron chi connectivity index (χ3n) is 5.05. The van der Waals surface area contributed by atoms with Gasteiger partial charge in [0, 0.05) is 29.8 Å². The average molecular weight is 379 g/mol. The van der Waals surface area contributed by atoms with E-state index in [4.69, 9.17) is 24.0 Å². The molecule has 2 aliphatic rings. The molecule has 144 valence electrons. The molecule has 0 fully saturated rings. The van der Waals surface area contributed by atoms with Crippen molar-refractivity contribution in [3.05, 3.63) is 42.0 Å². The van der Waals surface area contributed by atoms with Gasteiger partial charge in [0.2, 0.25) is 0 Å². The van der Waals surface area contributed by atoms with Crippen molar-refractivity contribution in [2.75, 3.05) is 39.3 Å². The molecule has 0 saturated carbocycles. The van der Waals surface area contributed by atoms with E-state index in [2.05, 4.69) is 5.32 Å². The Kier molecular flexibility index (Phi) is 4.00. The molecule has 3 heterocycles. The van der Waals surface area contributed by atoms with Gasteiger partial charge in [-0.25, -0.2) is 4.68 Å². The van der Waals surface area contributed by atoms with Crippen LogP contribution in [0.1, 0.15) is 5.56 Å². The summed E-state index contributed by atoms with van der Waals surface area (Å²) in [6.07, 6.45) is 0.911. The molecule has 7 nitrogen and oxygen atoms in total. The lowest BCUT2D eigenvalue weighted by atomic mass is 10.1. The number of hydrogen-bond acceptors (Lipinski definition) is 6. The van der Waals surface area contributed by atoms with Gasteiger partial charge in [-0.15, -0.1) is 0 Å². The Morgan fingerprint density at radius 1 is 0.964 bits per heavy atom. The molecule has 0 radical (unpaired) electrons. The maximum atomic E-state index is 5.74. The summed E-state index contributed by atoms with van der Waals surface area (Å²) >= 11 is 0. The Bertz CT molecular complexity index is 1020. The second-order valence-corrected chi connectivity index (χ2v) is 6.69. The number of anilines is 1. The number of methoxy groups -OCH3 is 2. The number of benzene rings is 2. The van der Waals surface area contributed by atoms with Crippen LogP contribution in [0.15, 0.2) is 36.4 Å². The largest absolute Gasteiger partial charge is 0.497 e. The third kappa shape index (κ3) is 2.70. The lowest BCUT2D eigenvalue weighted by Gasteiger charge is -2.19. The van der Waals surface area contributed by atoms with E-state index >= 15 is 0 Å². The van der Waals surface area contributed by atoms with Crippen LogP contribution in [0.3, 0.4) is 0 Å². The highest BCUT2D eigenvalue weighted by atomic mass is 16.6. The van der Waals surface area contributed by atoms with E-state index in [1.165, 1.54) is 5.56 Å². The van der Waals surface area contributed by atoms with Gasteiger partial charge in [-0.3, -0.25) is 0 Å². The fraction of sp³-hybridized carbons (Fsp3) is 0.286. The summed E-state index contributed by atoms with van der Waals surface area (Å²) in [4.78, 5) is 0. The van der Waals surface area contributed by atoms with Crippen LogP contribution < -0.4 is 24.3 Å². The molecule has 0 saturated heterocycles. The van der Waals surface area contributed by atoms with E-state index in [-0.39, 0.29) is 0 Å². The number of nitrogens with zero attached hydrogens (tertiary/aromatic N) is 2. The topological polar surface area (TPSA) is 66.8 Å². The summed E-state index contributed by atoms with van der Waals surface area (Å²) in [6.45, 7) is 2.01. The minimum atomic E-state index is 0.556. The molecular formula is C21H21N3O4.